The van der Waals surface area contributed by atoms with Gasteiger partial charge in [0.25, 0.3) is 5.69 Å². The molecular formula is C11H14IN3O2. The Morgan fingerprint density at radius 1 is 1.53 bits per heavy atom. The van der Waals surface area contributed by atoms with Crippen LogP contribution in [0.4, 0.5) is 11.4 Å². The molecule has 0 amide bonds. The maximum atomic E-state index is 10.7. The van der Waals surface area contributed by atoms with Crippen LogP contribution in [0.15, 0.2) is 18.2 Å². The number of hydrogen-bond acceptors (Lipinski definition) is 4. The first-order valence-corrected chi connectivity index (χ1v) is 6.51. The number of benzene rings is 1. The summed E-state index contributed by atoms with van der Waals surface area (Å²) in [5, 5.41) is 10.7. The fraction of sp³-hybridized carbons (Fsp3) is 0.455. The van der Waals surface area contributed by atoms with Crippen LogP contribution >= 0.6 is 22.6 Å². The van der Waals surface area contributed by atoms with Crippen LogP contribution in [-0.4, -0.2) is 24.1 Å². The largest absolute Gasteiger partial charge is 0.369 e. The van der Waals surface area contributed by atoms with Crippen LogP contribution in [-0.2, 0) is 0 Å². The zero-order valence-corrected chi connectivity index (χ0v) is 11.6. The van der Waals surface area contributed by atoms with E-state index in [-0.39, 0.29) is 16.7 Å². The van der Waals surface area contributed by atoms with Gasteiger partial charge in [-0.1, -0.05) is 6.92 Å². The van der Waals surface area contributed by atoms with Crippen molar-refractivity contribution in [2.24, 2.45) is 11.7 Å². The van der Waals surface area contributed by atoms with Crippen LogP contribution in [0.1, 0.15) is 6.92 Å². The molecule has 2 unspecified atom stereocenters. The average Bonchev–Trinajstić information content (AvgIpc) is 2.58. The minimum absolute atomic E-state index is 0.134. The summed E-state index contributed by atoms with van der Waals surface area (Å²) in [5.74, 6) is 0.459. The molecule has 2 N–H and O–H groups in total. The summed E-state index contributed by atoms with van der Waals surface area (Å²) in [7, 11) is 0. The van der Waals surface area contributed by atoms with Gasteiger partial charge in [0.15, 0.2) is 0 Å². The normalized spacial score (nSPS) is 24.1. The summed E-state index contributed by atoms with van der Waals surface area (Å²) in [6.45, 7) is 3.85. The molecule has 0 bridgehead atoms. The second kappa shape index (κ2) is 4.77. The Morgan fingerprint density at radius 2 is 2.24 bits per heavy atom. The van der Waals surface area contributed by atoms with Crippen molar-refractivity contribution >= 4 is 34.0 Å². The molecule has 2 atom stereocenters. The van der Waals surface area contributed by atoms with Crippen LogP contribution in [0.2, 0.25) is 0 Å². The van der Waals surface area contributed by atoms with Gasteiger partial charge in [0, 0.05) is 34.8 Å². The minimum atomic E-state index is -0.371. The third kappa shape index (κ3) is 2.52. The highest BCUT2D eigenvalue weighted by Crippen LogP contribution is 2.30. The molecule has 6 heteroatoms. The van der Waals surface area contributed by atoms with E-state index in [9.17, 15) is 10.1 Å². The highest BCUT2D eigenvalue weighted by molar-refractivity contribution is 14.1. The molecule has 92 valence electrons. The summed E-state index contributed by atoms with van der Waals surface area (Å²) in [5.41, 5.74) is 7.15. The van der Waals surface area contributed by atoms with E-state index in [1.54, 1.807) is 12.1 Å². The number of nitro groups is 1. The van der Waals surface area contributed by atoms with E-state index in [1.165, 1.54) is 0 Å². The zero-order valence-electron chi connectivity index (χ0n) is 9.47. The Balaban J connectivity index is 2.26. The number of nitrogens with two attached hydrogens (primary N) is 1. The van der Waals surface area contributed by atoms with Gasteiger partial charge in [-0.3, -0.25) is 10.1 Å². The predicted molar refractivity (Wildman–Crippen MR) is 75.2 cm³/mol. The van der Waals surface area contributed by atoms with E-state index in [0.717, 1.165) is 22.3 Å². The van der Waals surface area contributed by atoms with E-state index >= 15 is 0 Å². The highest BCUT2D eigenvalue weighted by Gasteiger charge is 2.28. The van der Waals surface area contributed by atoms with E-state index < -0.39 is 0 Å². The summed E-state index contributed by atoms with van der Waals surface area (Å²) >= 11 is 2.14. The first kappa shape index (κ1) is 12.6. The average molecular weight is 347 g/mol. The van der Waals surface area contributed by atoms with Crippen molar-refractivity contribution in [2.75, 3.05) is 18.0 Å². The number of nitro benzene ring substituents is 1. The van der Waals surface area contributed by atoms with Gasteiger partial charge in [-0.05, 0) is 34.6 Å². The second-order valence-electron chi connectivity index (χ2n) is 4.44. The lowest BCUT2D eigenvalue weighted by Crippen LogP contribution is -2.28. The lowest BCUT2D eigenvalue weighted by molar-refractivity contribution is -0.384. The van der Waals surface area contributed by atoms with Crippen LogP contribution in [0.3, 0.4) is 0 Å². The van der Waals surface area contributed by atoms with E-state index in [2.05, 4.69) is 34.4 Å². The van der Waals surface area contributed by atoms with Gasteiger partial charge >= 0.3 is 0 Å². The molecule has 1 heterocycles. The van der Waals surface area contributed by atoms with E-state index in [4.69, 9.17) is 5.73 Å². The molecule has 2 rings (SSSR count). The van der Waals surface area contributed by atoms with Crippen LogP contribution in [0.25, 0.3) is 0 Å². The van der Waals surface area contributed by atoms with Crippen LogP contribution < -0.4 is 10.6 Å². The number of anilines is 1. The molecule has 0 radical (unpaired) electrons. The van der Waals surface area contributed by atoms with Crippen molar-refractivity contribution in [3.8, 4) is 0 Å². The third-order valence-corrected chi connectivity index (χ3v) is 4.02. The van der Waals surface area contributed by atoms with Gasteiger partial charge < -0.3 is 10.6 Å². The maximum Gasteiger partial charge on any atom is 0.270 e. The van der Waals surface area contributed by atoms with Gasteiger partial charge in [-0.25, -0.2) is 0 Å². The van der Waals surface area contributed by atoms with Gasteiger partial charge in [-0.15, -0.1) is 0 Å². The smallest absolute Gasteiger partial charge is 0.270 e. The van der Waals surface area contributed by atoms with E-state index in [1.807, 2.05) is 6.07 Å². The number of hydrogen-bond donors (Lipinski definition) is 1. The SMILES string of the molecule is CC1CN(c2ccc([N+](=O)[O-])cc2I)CC1N. The third-order valence-electron chi connectivity index (χ3n) is 3.15. The highest BCUT2D eigenvalue weighted by atomic mass is 127. The molecule has 1 aromatic carbocycles. The van der Waals surface area contributed by atoms with Crippen LogP contribution in [0.5, 0.6) is 0 Å². The molecule has 17 heavy (non-hydrogen) atoms. The van der Waals surface area contributed by atoms with Crippen molar-refractivity contribution in [3.63, 3.8) is 0 Å². The molecule has 1 fully saturated rings. The van der Waals surface area contributed by atoms with Gasteiger partial charge in [-0.2, -0.15) is 0 Å². The lowest BCUT2D eigenvalue weighted by Gasteiger charge is -2.19. The molecule has 0 spiro atoms. The fourth-order valence-corrected chi connectivity index (χ4v) is 2.89. The topological polar surface area (TPSA) is 72.4 Å². The predicted octanol–water partition coefficient (Wildman–Crippen LogP) is 1.98. The molecule has 0 aliphatic carbocycles. The number of nitrogens with zero attached hydrogens (tertiary/aromatic N) is 2. The van der Waals surface area contributed by atoms with Crippen molar-refractivity contribution in [1.82, 2.24) is 0 Å². The quantitative estimate of drug-likeness (QED) is 0.505. The molecule has 1 aliphatic rings. The van der Waals surface area contributed by atoms with E-state index in [0.29, 0.717) is 5.92 Å². The Morgan fingerprint density at radius 3 is 2.71 bits per heavy atom. The van der Waals surface area contributed by atoms with Gasteiger partial charge in [0.1, 0.15) is 0 Å². The molecule has 0 saturated carbocycles. The fourth-order valence-electron chi connectivity index (χ4n) is 2.05. The first-order chi connectivity index (χ1) is 7.99. The van der Waals surface area contributed by atoms with Crippen LogP contribution in [0, 0.1) is 19.6 Å². The summed E-state index contributed by atoms with van der Waals surface area (Å²) in [6.07, 6.45) is 0. The number of rotatable bonds is 2. The molecule has 0 aromatic heterocycles. The van der Waals surface area contributed by atoms with Gasteiger partial charge in [0.05, 0.1) is 10.6 Å². The molecular weight excluding hydrogens is 333 g/mol. The standard InChI is InChI=1S/C11H14IN3O2/c1-7-5-14(6-10(7)13)11-3-2-8(15(16)17)4-9(11)12/h2-4,7,10H,5-6,13H2,1H3. The molecule has 5 nitrogen and oxygen atoms in total. The zero-order chi connectivity index (χ0) is 12.6. The number of non-ortho nitro benzene ring substituents is 1. The van der Waals surface area contributed by atoms with Crippen molar-refractivity contribution in [3.05, 3.63) is 31.9 Å². The number of halogens is 1. The van der Waals surface area contributed by atoms with Gasteiger partial charge in [0.2, 0.25) is 0 Å². The lowest BCUT2D eigenvalue weighted by atomic mass is 10.1. The van der Waals surface area contributed by atoms with Crippen molar-refractivity contribution < 1.29 is 4.92 Å². The van der Waals surface area contributed by atoms with Crippen molar-refractivity contribution in [1.29, 1.82) is 0 Å². The van der Waals surface area contributed by atoms with Crippen molar-refractivity contribution in [2.45, 2.75) is 13.0 Å². The first-order valence-electron chi connectivity index (χ1n) is 5.43. The second-order valence-corrected chi connectivity index (χ2v) is 5.60. The monoisotopic (exact) mass is 347 g/mol. The summed E-state index contributed by atoms with van der Waals surface area (Å²) in [6, 6.07) is 5.14. The summed E-state index contributed by atoms with van der Waals surface area (Å²) < 4.78 is 0.901. The minimum Gasteiger partial charge on any atom is -0.369 e. The molecule has 1 saturated heterocycles. The Labute approximate surface area is 113 Å². The summed E-state index contributed by atoms with van der Waals surface area (Å²) in [4.78, 5) is 12.5. The Hall–Kier alpha value is -0.890. The molecule has 1 aromatic rings. The molecule has 1 aliphatic heterocycles. The Kier molecular flexibility index (Phi) is 3.53. The Bertz CT molecular complexity index is 442. The maximum absolute atomic E-state index is 10.7.